The fourth-order valence-electron chi connectivity index (χ4n) is 2.95. The Morgan fingerprint density at radius 2 is 1.73 bits per heavy atom. The zero-order valence-corrected chi connectivity index (χ0v) is 18.8. The van der Waals surface area contributed by atoms with Gasteiger partial charge in [-0.3, -0.25) is 9.10 Å². The predicted molar refractivity (Wildman–Crippen MR) is 123 cm³/mol. The number of halogens is 1. The normalized spacial score (nSPS) is 11.2. The molecule has 3 aromatic carbocycles. The lowest BCUT2D eigenvalue weighted by molar-refractivity contribution is -0.119. The van der Waals surface area contributed by atoms with Gasteiger partial charge in [-0.2, -0.15) is 5.10 Å². The van der Waals surface area contributed by atoms with Gasteiger partial charge < -0.3 is 9.47 Å². The van der Waals surface area contributed by atoms with E-state index in [0.717, 1.165) is 6.07 Å². The van der Waals surface area contributed by atoms with Crippen molar-refractivity contribution in [2.24, 2.45) is 5.10 Å². The van der Waals surface area contributed by atoms with Crippen LogP contribution in [0.15, 0.2) is 82.8 Å². The molecule has 0 spiro atoms. The van der Waals surface area contributed by atoms with Gasteiger partial charge in [-0.1, -0.05) is 30.3 Å². The van der Waals surface area contributed by atoms with Gasteiger partial charge in [0.2, 0.25) is 0 Å². The van der Waals surface area contributed by atoms with Gasteiger partial charge in [0.15, 0.2) is 0 Å². The zero-order valence-electron chi connectivity index (χ0n) is 17.9. The maximum Gasteiger partial charge on any atom is 0.264 e. The minimum Gasteiger partial charge on any atom is -0.497 e. The van der Waals surface area contributed by atoms with Gasteiger partial charge >= 0.3 is 0 Å². The van der Waals surface area contributed by atoms with Gasteiger partial charge in [0.1, 0.15) is 23.9 Å². The molecule has 0 aliphatic rings. The Balaban J connectivity index is 1.85. The molecule has 33 heavy (non-hydrogen) atoms. The Kier molecular flexibility index (Phi) is 7.62. The Hall–Kier alpha value is -3.92. The van der Waals surface area contributed by atoms with Gasteiger partial charge in [0, 0.05) is 5.56 Å². The van der Waals surface area contributed by atoms with Crippen LogP contribution in [0.1, 0.15) is 5.56 Å². The molecule has 0 aliphatic carbocycles. The van der Waals surface area contributed by atoms with E-state index in [1.165, 1.54) is 62.9 Å². The topological polar surface area (TPSA) is 97.3 Å². The molecule has 8 nitrogen and oxygen atoms in total. The van der Waals surface area contributed by atoms with Crippen LogP contribution in [0.25, 0.3) is 0 Å². The first kappa shape index (κ1) is 23.7. The minimum absolute atomic E-state index is 0.0781. The highest BCUT2D eigenvalue weighted by atomic mass is 32.2. The van der Waals surface area contributed by atoms with Crippen LogP contribution in [-0.4, -0.2) is 41.3 Å². The van der Waals surface area contributed by atoms with Crippen LogP contribution in [0.2, 0.25) is 0 Å². The van der Waals surface area contributed by atoms with Crippen LogP contribution in [0, 0.1) is 5.82 Å². The lowest BCUT2D eigenvalue weighted by Gasteiger charge is -2.24. The molecular formula is C23H22FN3O5S. The van der Waals surface area contributed by atoms with Crippen molar-refractivity contribution in [1.82, 2.24) is 5.43 Å². The fraction of sp³-hybridized carbons (Fsp3) is 0.130. The summed E-state index contributed by atoms with van der Waals surface area (Å²) < 4.78 is 51.9. The van der Waals surface area contributed by atoms with Crippen molar-refractivity contribution in [3.8, 4) is 11.5 Å². The van der Waals surface area contributed by atoms with Crippen molar-refractivity contribution in [2.75, 3.05) is 25.1 Å². The monoisotopic (exact) mass is 471 g/mol. The predicted octanol–water partition coefficient (Wildman–Crippen LogP) is 3.19. The fourth-order valence-corrected chi connectivity index (χ4v) is 4.40. The summed E-state index contributed by atoms with van der Waals surface area (Å²) in [4.78, 5) is 12.5. The van der Waals surface area contributed by atoms with E-state index in [0.29, 0.717) is 21.4 Å². The molecule has 1 N–H and O–H groups in total. The Morgan fingerprint density at radius 3 is 2.39 bits per heavy atom. The molecule has 1 amide bonds. The van der Waals surface area contributed by atoms with E-state index in [9.17, 15) is 17.6 Å². The summed E-state index contributed by atoms with van der Waals surface area (Å²) in [6.45, 7) is -0.690. The third-order valence-electron chi connectivity index (χ3n) is 4.57. The van der Waals surface area contributed by atoms with E-state index < -0.39 is 28.3 Å². The average Bonchev–Trinajstić information content (AvgIpc) is 2.83. The quantitative estimate of drug-likeness (QED) is 0.382. The molecule has 10 heteroatoms. The van der Waals surface area contributed by atoms with Crippen molar-refractivity contribution in [2.45, 2.75) is 4.90 Å². The van der Waals surface area contributed by atoms with E-state index in [1.807, 2.05) is 0 Å². The number of benzene rings is 3. The number of anilines is 1. The summed E-state index contributed by atoms with van der Waals surface area (Å²) in [7, 11) is -1.23. The molecule has 0 saturated carbocycles. The first-order valence-electron chi connectivity index (χ1n) is 9.73. The molecule has 0 unspecified atom stereocenters. The van der Waals surface area contributed by atoms with Gasteiger partial charge in [-0.25, -0.2) is 18.2 Å². The minimum atomic E-state index is -4.22. The Bertz CT molecular complexity index is 1250. The maximum atomic E-state index is 14.5. The summed E-state index contributed by atoms with van der Waals surface area (Å²) in [5.41, 5.74) is 2.54. The summed E-state index contributed by atoms with van der Waals surface area (Å²) in [6.07, 6.45) is 1.33. The van der Waals surface area contributed by atoms with Crippen molar-refractivity contribution in [1.29, 1.82) is 0 Å². The van der Waals surface area contributed by atoms with Gasteiger partial charge in [0.25, 0.3) is 15.9 Å². The highest BCUT2D eigenvalue weighted by molar-refractivity contribution is 7.92. The number of nitrogens with zero attached hydrogens (tertiary/aromatic N) is 2. The highest BCUT2D eigenvalue weighted by Crippen LogP contribution is 2.26. The number of nitrogens with one attached hydrogen (secondary N) is 1. The lowest BCUT2D eigenvalue weighted by Crippen LogP contribution is -2.40. The molecule has 0 fully saturated rings. The zero-order chi connectivity index (χ0) is 23.8. The Labute approximate surface area is 191 Å². The van der Waals surface area contributed by atoms with Gasteiger partial charge in [-0.05, 0) is 42.5 Å². The highest BCUT2D eigenvalue weighted by Gasteiger charge is 2.28. The third kappa shape index (κ3) is 5.66. The SMILES string of the molecule is COc1ccc(OC)c(/C=N\NC(=O)CN(c2ccccc2F)S(=O)(=O)c2ccccc2)c1. The molecule has 0 aromatic heterocycles. The van der Waals surface area contributed by atoms with E-state index in [-0.39, 0.29) is 10.6 Å². The summed E-state index contributed by atoms with van der Waals surface area (Å²) in [6, 6.07) is 17.8. The van der Waals surface area contributed by atoms with Gasteiger partial charge in [0.05, 0.1) is 31.0 Å². The number of hydrazone groups is 1. The molecule has 0 saturated heterocycles. The molecule has 3 rings (SSSR count). The molecule has 0 heterocycles. The lowest BCUT2D eigenvalue weighted by atomic mass is 10.2. The standard InChI is InChI=1S/C23H22FN3O5S/c1-31-18-12-13-22(32-2)17(14-18)15-25-26-23(28)16-27(21-11-7-6-10-20(21)24)33(29,30)19-8-4-3-5-9-19/h3-15H,16H2,1-2H3,(H,26,28)/b25-15-. The number of sulfonamides is 1. The maximum absolute atomic E-state index is 14.5. The molecule has 0 aliphatic heterocycles. The summed E-state index contributed by atoms with van der Waals surface area (Å²) >= 11 is 0. The summed E-state index contributed by atoms with van der Waals surface area (Å²) in [5, 5.41) is 3.87. The van der Waals surface area contributed by atoms with E-state index in [1.54, 1.807) is 24.3 Å². The number of ether oxygens (including phenoxy) is 2. The number of para-hydroxylation sites is 1. The number of methoxy groups -OCH3 is 2. The largest absolute Gasteiger partial charge is 0.497 e. The number of carbonyl (C=O) groups is 1. The van der Waals surface area contributed by atoms with Crippen molar-refractivity contribution < 1.29 is 27.1 Å². The van der Waals surface area contributed by atoms with Crippen LogP contribution in [-0.2, 0) is 14.8 Å². The van der Waals surface area contributed by atoms with Crippen LogP contribution >= 0.6 is 0 Å². The molecule has 3 aromatic rings. The second-order valence-electron chi connectivity index (χ2n) is 6.68. The smallest absolute Gasteiger partial charge is 0.264 e. The number of carbonyl (C=O) groups excluding carboxylic acids is 1. The van der Waals surface area contributed by atoms with E-state index >= 15 is 0 Å². The van der Waals surface area contributed by atoms with Crippen molar-refractivity contribution >= 4 is 27.8 Å². The molecule has 0 radical (unpaired) electrons. The Morgan fingerprint density at radius 1 is 1.03 bits per heavy atom. The van der Waals surface area contributed by atoms with Crippen LogP contribution in [0.4, 0.5) is 10.1 Å². The third-order valence-corrected chi connectivity index (χ3v) is 6.34. The number of hydrogen-bond donors (Lipinski definition) is 1. The second kappa shape index (κ2) is 10.6. The van der Waals surface area contributed by atoms with Crippen LogP contribution in [0.5, 0.6) is 11.5 Å². The molecule has 0 bridgehead atoms. The van der Waals surface area contributed by atoms with E-state index in [4.69, 9.17) is 9.47 Å². The number of amides is 1. The summed E-state index contributed by atoms with van der Waals surface area (Å²) in [5.74, 6) is -0.498. The molecule has 0 atom stereocenters. The van der Waals surface area contributed by atoms with E-state index in [2.05, 4.69) is 10.5 Å². The molecule has 172 valence electrons. The molecular weight excluding hydrogens is 449 g/mol. The average molecular weight is 472 g/mol. The second-order valence-corrected chi connectivity index (χ2v) is 8.54. The first-order chi connectivity index (χ1) is 15.9. The number of rotatable bonds is 9. The van der Waals surface area contributed by atoms with Gasteiger partial charge in [-0.15, -0.1) is 0 Å². The number of hydrogen-bond acceptors (Lipinski definition) is 6. The van der Waals surface area contributed by atoms with Crippen LogP contribution < -0.4 is 19.2 Å². The van der Waals surface area contributed by atoms with Crippen molar-refractivity contribution in [3.05, 3.63) is 84.2 Å². The van der Waals surface area contributed by atoms with Crippen LogP contribution in [0.3, 0.4) is 0 Å². The first-order valence-corrected chi connectivity index (χ1v) is 11.2. The van der Waals surface area contributed by atoms with Crippen molar-refractivity contribution in [3.63, 3.8) is 0 Å².